The molecule has 90 valence electrons. The van der Waals surface area contributed by atoms with Crippen LogP contribution >= 0.6 is 0 Å². The van der Waals surface area contributed by atoms with E-state index in [0.29, 0.717) is 5.82 Å². The molecule has 0 spiro atoms. The molecule has 0 amide bonds. The second-order valence-electron chi connectivity index (χ2n) is 3.80. The Morgan fingerprint density at radius 3 is 3.06 bits per heavy atom. The predicted octanol–water partition coefficient (Wildman–Crippen LogP) is 0.675. The van der Waals surface area contributed by atoms with Crippen molar-refractivity contribution in [3.8, 4) is 0 Å². The molecule has 0 aromatic carbocycles. The van der Waals surface area contributed by atoms with Crippen molar-refractivity contribution >= 4 is 5.82 Å². The van der Waals surface area contributed by atoms with E-state index in [1.807, 2.05) is 12.1 Å². The lowest BCUT2D eigenvalue weighted by molar-refractivity contribution is 0.535. The molecule has 0 radical (unpaired) electrons. The number of nitrogens with one attached hydrogen (secondary N) is 2. The fourth-order valence-corrected chi connectivity index (χ4v) is 1.76. The molecule has 0 aliphatic heterocycles. The van der Waals surface area contributed by atoms with E-state index in [-0.39, 0.29) is 6.04 Å². The molecule has 0 aliphatic carbocycles. The minimum absolute atomic E-state index is 0.139. The molecular formula is C11H16N6. The largest absolute Gasteiger partial charge is 0.384 e. The molecule has 0 bridgehead atoms. The van der Waals surface area contributed by atoms with E-state index >= 15 is 0 Å². The second kappa shape index (κ2) is 5.40. The van der Waals surface area contributed by atoms with Crippen LogP contribution in [0.4, 0.5) is 5.82 Å². The highest BCUT2D eigenvalue weighted by Gasteiger charge is 2.13. The van der Waals surface area contributed by atoms with Gasteiger partial charge in [0.05, 0.1) is 17.9 Å². The quantitative estimate of drug-likeness (QED) is 0.704. The standard InChI is InChI=1S/C11H16N6/c1-2-13-9(10-7-15-17-16-10)5-8-3-4-14-11(12)6-8/h3-4,6-7,9,13H,2,5H2,1H3,(H2,12,14)(H,15,16,17). The molecule has 1 atom stereocenters. The maximum atomic E-state index is 5.66. The molecule has 0 saturated carbocycles. The number of hydrogen-bond acceptors (Lipinski definition) is 5. The Hall–Kier alpha value is -1.95. The number of pyridine rings is 1. The number of rotatable bonds is 5. The van der Waals surface area contributed by atoms with Gasteiger partial charge in [-0.25, -0.2) is 4.98 Å². The minimum Gasteiger partial charge on any atom is -0.384 e. The molecule has 6 heteroatoms. The van der Waals surface area contributed by atoms with E-state index in [4.69, 9.17) is 5.73 Å². The summed E-state index contributed by atoms with van der Waals surface area (Å²) in [5.41, 5.74) is 7.70. The first-order valence-electron chi connectivity index (χ1n) is 5.59. The molecule has 0 saturated heterocycles. The number of aromatic nitrogens is 4. The van der Waals surface area contributed by atoms with Crippen LogP contribution in [0.25, 0.3) is 0 Å². The first kappa shape index (κ1) is 11.5. The molecule has 2 aromatic rings. The van der Waals surface area contributed by atoms with Crippen LogP contribution in [0, 0.1) is 0 Å². The minimum atomic E-state index is 0.139. The van der Waals surface area contributed by atoms with Crippen LogP contribution in [0.3, 0.4) is 0 Å². The van der Waals surface area contributed by atoms with E-state index in [1.165, 1.54) is 0 Å². The molecular weight excluding hydrogens is 216 g/mol. The van der Waals surface area contributed by atoms with E-state index in [2.05, 4.69) is 32.6 Å². The SMILES string of the molecule is CCNC(Cc1ccnc(N)c1)c1cn[nH]n1. The van der Waals surface area contributed by atoms with Crippen molar-refractivity contribution in [2.24, 2.45) is 0 Å². The number of likely N-dealkylation sites (N-methyl/N-ethyl adjacent to an activating group) is 1. The van der Waals surface area contributed by atoms with E-state index < -0.39 is 0 Å². The molecule has 2 heterocycles. The van der Waals surface area contributed by atoms with Crippen LogP contribution in [0.2, 0.25) is 0 Å². The average Bonchev–Trinajstić information content (AvgIpc) is 2.82. The van der Waals surface area contributed by atoms with Crippen LogP contribution in [-0.2, 0) is 6.42 Å². The third-order valence-electron chi connectivity index (χ3n) is 2.53. The first-order chi connectivity index (χ1) is 8.29. The summed E-state index contributed by atoms with van der Waals surface area (Å²) in [6.45, 7) is 2.94. The Morgan fingerprint density at radius 1 is 1.53 bits per heavy atom. The molecule has 6 nitrogen and oxygen atoms in total. The number of anilines is 1. The first-order valence-corrected chi connectivity index (χ1v) is 5.59. The number of H-pyrrole nitrogens is 1. The molecule has 1 unspecified atom stereocenters. The lowest BCUT2D eigenvalue weighted by Gasteiger charge is -2.15. The van der Waals surface area contributed by atoms with Gasteiger partial charge >= 0.3 is 0 Å². The van der Waals surface area contributed by atoms with E-state index in [1.54, 1.807) is 12.4 Å². The molecule has 0 aliphatic rings. The Morgan fingerprint density at radius 2 is 2.41 bits per heavy atom. The number of nitrogen functional groups attached to an aromatic ring is 1. The van der Waals surface area contributed by atoms with Gasteiger partial charge in [0.2, 0.25) is 0 Å². The van der Waals surface area contributed by atoms with Crippen molar-refractivity contribution in [2.45, 2.75) is 19.4 Å². The summed E-state index contributed by atoms with van der Waals surface area (Å²) in [6.07, 6.45) is 4.27. The third-order valence-corrected chi connectivity index (χ3v) is 2.53. The smallest absolute Gasteiger partial charge is 0.123 e. The molecule has 0 fully saturated rings. The van der Waals surface area contributed by atoms with Gasteiger partial charge in [-0.05, 0) is 30.7 Å². The van der Waals surface area contributed by atoms with Crippen molar-refractivity contribution in [3.05, 3.63) is 35.8 Å². The van der Waals surface area contributed by atoms with Gasteiger partial charge in [0.25, 0.3) is 0 Å². The van der Waals surface area contributed by atoms with Crippen LogP contribution in [0.5, 0.6) is 0 Å². The summed E-state index contributed by atoms with van der Waals surface area (Å²) in [5.74, 6) is 0.540. The average molecular weight is 232 g/mol. The highest BCUT2D eigenvalue weighted by atomic mass is 15.3. The van der Waals surface area contributed by atoms with Gasteiger partial charge in [-0.15, -0.1) is 0 Å². The summed E-state index contributed by atoms with van der Waals surface area (Å²) < 4.78 is 0. The molecule has 2 aromatic heterocycles. The molecule has 2 rings (SSSR count). The number of hydrogen-bond donors (Lipinski definition) is 3. The van der Waals surface area contributed by atoms with Gasteiger partial charge in [0.15, 0.2) is 0 Å². The predicted molar refractivity (Wildman–Crippen MR) is 65.2 cm³/mol. The van der Waals surface area contributed by atoms with Crippen molar-refractivity contribution in [1.29, 1.82) is 0 Å². The zero-order valence-corrected chi connectivity index (χ0v) is 9.72. The Labute approximate surface area is 99.6 Å². The third kappa shape index (κ3) is 3.01. The fraction of sp³-hybridized carbons (Fsp3) is 0.364. The summed E-state index contributed by atoms with van der Waals surface area (Å²) in [7, 11) is 0. The number of aromatic amines is 1. The van der Waals surface area contributed by atoms with Gasteiger partial charge in [-0.1, -0.05) is 6.92 Å². The van der Waals surface area contributed by atoms with Crippen molar-refractivity contribution in [2.75, 3.05) is 12.3 Å². The monoisotopic (exact) mass is 232 g/mol. The van der Waals surface area contributed by atoms with Gasteiger partial charge < -0.3 is 11.1 Å². The maximum absolute atomic E-state index is 5.66. The lowest BCUT2D eigenvalue weighted by atomic mass is 10.0. The van der Waals surface area contributed by atoms with Crippen molar-refractivity contribution in [3.63, 3.8) is 0 Å². The zero-order chi connectivity index (χ0) is 12.1. The molecule has 4 N–H and O–H groups in total. The van der Waals surface area contributed by atoms with Gasteiger partial charge in [0.1, 0.15) is 5.82 Å². The fourth-order valence-electron chi connectivity index (χ4n) is 1.76. The van der Waals surface area contributed by atoms with Crippen LogP contribution in [0.1, 0.15) is 24.2 Å². The van der Waals surface area contributed by atoms with Gasteiger partial charge in [0, 0.05) is 6.20 Å². The van der Waals surface area contributed by atoms with Crippen LogP contribution in [0.15, 0.2) is 24.5 Å². The molecule has 17 heavy (non-hydrogen) atoms. The Bertz CT molecular complexity index is 453. The van der Waals surface area contributed by atoms with E-state index in [0.717, 1.165) is 24.2 Å². The van der Waals surface area contributed by atoms with Crippen LogP contribution < -0.4 is 11.1 Å². The van der Waals surface area contributed by atoms with E-state index in [9.17, 15) is 0 Å². The zero-order valence-electron chi connectivity index (χ0n) is 9.72. The second-order valence-corrected chi connectivity index (χ2v) is 3.80. The number of nitrogens with zero attached hydrogens (tertiary/aromatic N) is 3. The number of nitrogens with two attached hydrogens (primary N) is 1. The lowest BCUT2D eigenvalue weighted by Crippen LogP contribution is -2.23. The normalized spacial score (nSPS) is 12.5. The van der Waals surface area contributed by atoms with Gasteiger partial charge in [-0.3, -0.25) is 0 Å². The Kier molecular flexibility index (Phi) is 3.66. The topological polar surface area (TPSA) is 92.5 Å². The maximum Gasteiger partial charge on any atom is 0.123 e. The highest BCUT2D eigenvalue weighted by Crippen LogP contribution is 2.16. The summed E-state index contributed by atoms with van der Waals surface area (Å²) in [5, 5.41) is 13.9. The Balaban J connectivity index is 2.13. The van der Waals surface area contributed by atoms with Crippen LogP contribution in [-0.4, -0.2) is 26.9 Å². The summed E-state index contributed by atoms with van der Waals surface area (Å²) >= 11 is 0. The van der Waals surface area contributed by atoms with Crippen molar-refractivity contribution < 1.29 is 0 Å². The highest BCUT2D eigenvalue weighted by molar-refractivity contribution is 5.32. The summed E-state index contributed by atoms with van der Waals surface area (Å²) in [4.78, 5) is 3.98. The summed E-state index contributed by atoms with van der Waals surface area (Å²) in [6, 6.07) is 3.98. The van der Waals surface area contributed by atoms with Crippen molar-refractivity contribution in [1.82, 2.24) is 25.7 Å². The van der Waals surface area contributed by atoms with Gasteiger partial charge in [-0.2, -0.15) is 15.4 Å².